The lowest BCUT2D eigenvalue weighted by Crippen LogP contribution is -2.37. The first-order valence-corrected chi connectivity index (χ1v) is 12.8. The molecule has 0 bridgehead atoms. The van der Waals surface area contributed by atoms with Crippen molar-refractivity contribution in [2.45, 2.75) is 33.2 Å². The molecule has 2 amide bonds. The van der Waals surface area contributed by atoms with Gasteiger partial charge in [0, 0.05) is 49.9 Å². The third kappa shape index (κ3) is 6.57. The molecule has 8 heteroatoms. The van der Waals surface area contributed by atoms with Gasteiger partial charge in [-0.2, -0.15) is 0 Å². The van der Waals surface area contributed by atoms with E-state index < -0.39 is 0 Å². The highest BCUT2D eigenvalue weighted by atomic mass is 16.5. The molecule has 1 aliphatic heterocycles. The normalized spacial score (nSPS) is 15.3. The molecule has 0 saturated heterocycles. The number of benzene rings is 2. The molecule has 196 valence electrons. The van der Waals surface area contributed by atoms with Crippen molar-refractivity contribution in [3.05, 3.63) is 65.9 Å². The number of anilines is 1. The van der Waals surface area contributed by atoms with Crippen LogP contribution in [0.5, 0.6) is 5.75 Å². The van der Waals surface area contributed by atoms with E-state index in [9.17, 15) is 9.59 Å². The van der Waals surface area contributed by atoms with Gasteiger partial charge >= 0.3 is 0 Å². The van der Waals surface area contributed by atoms with Crippen LogP contribution in [-0.4, -0.2) is 67.1 Å². The number of aromatic nitrogens is 1. The first kappa shape index (κ1) is 26.4. The van der Waals surface area contributed by atoms with Crippen LogP contribution in [0.4, 0.5) is 5.69 Å². The monoisotopic (exact) mass is 504 g/mol. The molecule has 0 saturated carbocycles. The number of ether oxygens (including phenoxy) is 1. The zero-order chi connectivity index (χ0) is 26.4. The van der Waals surface area contributed by atoms with Crippen molar-refractivity contribution in [1.82, 2.24) is 15.0 Å². The number of nitrogens with zero attached hydrogens (tertiary/aromatic N) is 4. The Kier molecular flexibility index (Phi) is 8.61. The molecule has 0 atom stereocenters. The lowest BCUT2D eigenvalue weighted by atomic mass is 10.1. The molecule has 0 N–H and O–H groups in total. The van der Waals surface area contributed by atoms with Gasteiger partial charge < -0.3 is 24.0 Å². The summed E-state index contributed by atoms with van der Waals surface area (Å²) >= 11 is 0. The molecule has 0 spiro atoms. The highest BCUT2D eigenvalue weighted by molar-refractivity contribution is 5.95. The number of fused-ring (bicyclic) bond motifs is 1. The summed E-state index contributed by atoms with van der Waals surface area (Å²) in [7, 11) is 3.66. The van der Waals surface area contributed by atoms with E-state index in [1.807, 2.05) is 60.5 Å². The zero-order valence-electron chi connectivity index (χ0n) is 22.1. The molecule has 0 aliphatic carbocycles. The second kappa shape index (κ2) is 12.1. The Morgan fingerprint density at radius 3 is 2.51 bits per heavy atom. The zero-order valence-corrected chi connectivity index (χ0v) is 22.1. The maximum Gasteiger partial charge on any atom is 0.292 e. The number of rotatable bonds is 5. The fourth-order valence-electron chi connectivity index (χ4n) is 4.54. The van der Waals surface area contributed by atoms with Crippen molar-refractivity contribution < 1.29 is 18.8 Å². The molecule has 37 heavy (non-hydrogen) atoms. The number of likely N-dealkylation sites (N-methyl/N-ethyl adjacent to an activating group) is 1. The molecule has 1 aliphatic rings. The number of methoxy groups -OCH3 is 1. The maximum atomic E-state index is 13.6. The third-order valence-corrected chi connectivity index (χ3v) is 6.59. The van der Waals surface area contributed by atoms with Gasteiger partial charge in [0.25, 0.3) is 5.91 Å². The lowest BCUT2D eigenvalue weighted by molar-refractivity contribution is -0.119. The average molecular weight is 505 g/mol. The number of amides is 2. The fourth-order valence-corrected chi connectivity index (χ4v) is 4.54. The van der Waals surface area contributed by atoms with Gasteiger partial charge in [-0.05, 0) is 61.8 Å². The van der Waals surface area contributed by atoms with Gasteiger partial charge in [0.1, 0.15) is 11.4 Å². The standard InChI is InChI=1S/C29H36N4O4/c1-21(2)18-28(34)33-15-7-14-31(3)16-17-32(20-23-8-5-6-9-26(23)33)29(35)27-19-25(30-37-27)22-10-12-24(36-4)13-11-22/h5-6,8-13,19,21H,7,14-18,20H2,1-4H3. The SMILES string of the molecule is COc1ccc(-c2cc(C(=O)N3CCN(C)CCCN(C(=O)CC(C)C)c4ccccc4C3)on2)cc1. The Morgan fingerprint density at radius 1 is 1.03 bits per heavy atom. The van der Waals surface area contributed by atoms with Crippen LogP contribution in [0, 0.1) is 5.92 Å². The van der Waals surface area contributed by atoms with Gasteiger partial charge in [0.2, 0.25) is 11.7 Å². The van der Waals surface area contributed by atoms with Crippen LogP contribution in [0.2, 0.25) is 0 Å². The van der Waals surface area contributed by atoms with E-state index in [4.69, 9.17) is 9.26 Å². The van der Waals surface area contributed by atoms with E-state index in [1.165, 1.54) is 0 Å². The van der Waals surface area contributed by atoms with E-state index in [0.29, 0.717) is 38.3 Å². The van der Waals surface area contributed by atoms with Crippen LogP contribution in [-0.2, 0) is 11.3 Å². The van der Waals surface area contributed by atoms with Crippen molar-refractivity contribution in [3.63, 3.8) is 0 Å². The quantitative estimate of drug-likeness (QED) is 0.501. The van der Waals surface area contributed by atoms with Crippen LogP contribution < -0.4 is 9.64 Å². The van der Waals surface area contributed by atoms with Crippen LogP contribution in [0.25, 0.3) is 11.3 Å². The lowest BCUT2D eigenvalue weighted by Gasteiger charge is -2.28. The smallest absolute Gasteiger partial charge is 0.292 e. The number of carbonyl (C=O) groups is 2. The Bertz CT molecular complexity index is 1200. The molecule has 0 radical (unpaired) electrons. The second-order valence-electron chi connectivity index (χ2n) is 9.96. The average Bonchev–Trinajstić information content (AvgIpc) is 3.38. The minimum atomic E-state index is -0.227. The van der Waals surface area contributed by atoms with E-state index >= 15 is 0 Å². The minimum Gasteiger partial charge on any atom is -0.497 e. The Morgan fingerprint density at radius 2 is 1.78 bits per heavy atom. The second-order valence-corrected chi connectivity index (χ2v) is 9.96. The molecule has 0 fully saturated rings. The molecule has 4 rings (SSSR count). The summed E-state index contributed by atoms with van der Waals surface area (Å²) in [6.45, 7) is 7.21. The third-order valence-electron chi connectivity index (χ3n) is 6.59. The molecular weight excluding hydrogens is 468 g/mol. The van der Waals surface area contributed by atoms with Gasteiger partial charge in [-0.1, -0.05) is 37.2 Å². The highest BCUT2D eigenvalue weighted by Crippen LogP contribution is 2.27. The van der Waals surface area contributed by atoms with E-state index in [1.54, 1.807) is 18.1 Å². The van der Waals surface area contributed by atoms with Crippen LogP contribution in [0.15, 0.2) is 59.1 Å². The van der Waals surface area contributed by atoms with E-state index in [0.717, 1.165) is 35.5 Å². The summed E-state index contributed by atoms with van der Waals surface area (Å²) in [5, 5.41) is 4.14. The van der Waals surface area contributed by atoms with Gasteiger partial charge in [0.15, 0.2) is 0 Å². The van der Waals surface area contributed by atoms with Crippen molar-refractivity contribution in [1.29, 1.82) is 0 Å². The first-order valence-electron chi connectivity index (χ1n) is 12.8. The topological polar surface area (TPSA) is 79.1 Å². The Balaban J connectivity index is 1.62. The van der Waals surface area contributed by atoms with Crippen LogP contribution in [0.1, 0.15) is 42.8 Å². The summed E-state index contributed by atoms with van der Waals surface area (Å²) in [6, 6.07) is 17.0. The molecule has 8 nitrogen and oxygen atoms in total. The van der Waals surface area contributed by atoms with Gasteiger partial charge in [0.05, 0.1) is 7.11 Å². The summed E-state index contributed by atoms with van der Waals surface area (Å²) < 4.78 is 10.7. The number of hydrogen-bond donors (Lipinski definition) is 0. The van der Waals surface area contributed by atoms with Crippen molar-refractivity contribution >= 4 is 17.5 Å². The number of hydrogen-bond acceptors (Lipinski definition) is 6. The molecule has 2 heterocycles. The fraction of sp³-hybridized carbons (Fsp3) is 0.414. The molecular formula is C29H36N4O4. The minimum absolute atomic E-state index is 0.113. The van der Waals surface area contributed by atoms with Crippen molar-refractivity contribution in [2.24, 2.45) is 5.92 Å². The molecule has 2 aromatic carbocycles. The summed E-state index contributed by atoms with van der Waals surface area (Å²) in [5.41, 5.74) is 3.23. The molecule has 1 aromatic heterocycles. The predicted molar refractivity (Wildman–Crippen MR) is 144 cm³/mol. The highest BCUT2D eigenvalue weighted by Gasteiger charge is 2.26. The maximum absolute atomic E-state index is 13.6. The number of para-hydroxylation sites is 1. The summed E-state index contributed by atoms with van der Waals surface area (Å²) in [6.07, 6.45) is 1.34. The molecule has 3 aromatic rings. The predicted octanol–water partition coefficient (Wildman–Crippen LogP) is 4.71. The van der Waals surface area contributed by atoms with E-state index in [2.05, 4.69) is 23.9 Å². The van der Waals surface area contributed by atoms with Crippen molar-refractivity contribution in [3.8, 4) is 17.0 Å². The molecule has 0 unspecified atom stereocenters. The largest absolute Gasteiger partial charge is 0.497 e. The number of carbonyl (C=O) groups excluding carboxylic acids is 2. The summed E-state index contributed by atoms with van der Waals surface area (Å²) in [4.78, 5) is 32.7. The van der Waals surface area contributed by atoms with Gasteiger partial charge in [-0.15, -0.1) is 0 Å². The van der Waals surface area contributed by atoms with Crippen molar-refractivity contribution in [2.75, 3.05) is 45.2 Å². The Labute approximate surface area is 218 Å². The Hall–Kier alpha value is -3.65. The van der Waals surface area contributed by atoms with E-state index in [-0.39, 0.29) is 23.5 Å². The van der Waals surface area contributed by atoms with Crippen LogP contribution in [0.3, 0.4) is 0 Å². The summed E-state index contributed by atoms with van der Waals surface area (Å²) in [5.74, 6) is 1.09. The van der Waals surface area contributed by atoms with Gasteiger partial charge in [-0.3, -0.25) is 9.59 Å². The van der Waals surface area contributed by atoms with Gasteiger partial charge in [-0.25, -0.2) is 0 Å². The first-order chi connectivity index (χ1) is 17.9. The van der Waals surface area contributed by atoms with Crippen LogP contribution >= 0.6 is 0 Å².